The summed E-state index contributed by atoms with van der Waals surface area (Å²) in [5, 5.41) is 2.70. The molecule has 3 N–H and O–H groups in total. The predicted molar refractivity (Wildman–Crippen MR) is 164 cm³/mol. The Balaban J connectivity index is 1.52. The number of hydrogen-bond acceptors (Lipinski definition) is 8. The van der Waals surface area contributed by atoms with E-state index in [-0.39, 0.29) is 44.4 Å². The van der Waals surface area contributed by atoms with E-state index in [1.165, 1.54) is 9.80 Å². The Kier molecular flexibility index (Phi) is 11.7. The summed E-state index contributed by atoms with van der Waals surface area (Å²) < 4.78 is 22.5. The molecule has 14 heteroatoms. The molecule has 13 nitrogen and oxygen atoms in total. The van der Waals surface area contributed by atoms with Crippen molar-refractivity contribution in [2.75, 3.05) is 64.0 Å². The van der Waals surface area contributed by atoms with Crippen molar-refractivity contribution in [3.05, 3.63) is 48.2 Å². The lowest BCUT2D eigenvalue weighted by atomic mass is 10.1. The number of methoxy groups -OCH3 is 1. The number of anilines is 1. The number of carbonyl (C=O) groups is 3. The molecule has 240 valence electrons. The first-order valence-electron chi connectivity index (χ1n) is 15.0. The van der Waals surface area contributed by atoms with Crippen molar-refractivity contribution in [1.82, 2.24) is 20.1 Å². The third kappa shape index (κ3) is 9.25. The highest BCUT2D eigenvalue weighted by Crippen LogP contribution is 2.35. The fourth-order valence-corrected chi connectivity index (χ4v) is 5.83. The topological polar surface area (TPSA) is 162 Å². The van der Waals surface area contributed by atoms with Crippen molar-refractivity contribution in [2.24, 2.45) is 0 Å². The van der Waals surface area contributed by atoms with E-state index in [4.69, 9.17) is 9.47 Å². The van der Waals surface area contributed by atoms with Gasteiger partial charge in [0.2, 0.25) is 5.91 Å². The molecule has 3 heterocycles. The predicted octanol–water partition coefficient (Wildman–Crippen LogP) is 2.72. The minimum absolute atomic E-state index is 0.0638. The summed E-state index contributed by atoms with van der Waals surface area (Å²) in [7, 11) is -2.79. The third-order valence-corrected chi connectivity index (χ3v) is 8.68. The molecule has 1 aromatic heterocycles. The zero-order valence-electron chi connectivity index (χ0n) is 25.3. The Morgan fingerprint density at radius 1 is 1.07 bits per heavy atom. The van der Waals surface area contributed by atoms with Gasteiger partial charge in [-0.15, -0.1) is 0 Å². The molecule has 1 aromatic carbocycles. The molecule has 2 atom stereocenters. The fourth-order valence-electron chi connectivity index (χ4n) is 5.24. The monoisotopic (exact) mass is 631 g/mol. The molecule has 0 spiro atoms. The molecule has 2 fully saturated rings. The molecule has 0 bridgehead atoms. The Labute approximate surface area is 257 Å². The molecule has 0 aliphatic carbocycles. The van der Waals surface area contributed by atoms with Crippen LogP contribution in [0.25, 0.3) is 11.3 Å². The van der Waals surface area contributed by atoms with E-state index >= 15 is 0 Å². The van der Waals surface area contributed by atoms with Gasteiger partial charge in [0.1, 0.15) is 11.7 Å². The number of nitrogens with one attached hydrogen (secondary N) is 1. The maximum absolute atomic E-state index is 13.7. The van der Waals surface area contributed by atoms with Crippen LogP contribution in [0.4, 0.5) is 10.5 Å². The maximum Gasteiger partial charge on any atom is 0.409 e. The second-order valence-corrected chi connectivity index (χ2v) is 12.8. The molecule has 2 aliphatic rings. The van der Waals surface area contributed by atoms with Gasteiger partial charge in [-0.05, 0) is 31.4 Å². The summed E-state index contributed by atoms with van der Waals surface area (Å²) in [5.74, 6) is -1.11. The third-order valence-electron chi connectivity index (χ3n) is 7.84. The average Bonchev–Trinajstić information content (AvgIpc) is 3.52. The first kappa shape index (κ1) is 33.4. The van der Waals surface area contributed by atoms with Gasteiger partial charge in [-0.25, -0.2) is 9.78 Å². The molecule has 44 heavy (non-hydrogen) atoms. The van der Waals surface area contributed by atoms with Crippen LogP contribution in [0.1, 0.15) is 43.1 Å². The lowest BCUT2D eigenvalue weighted by Crippen LogP contribution is -2.56. The van der Waals surface area contributed by atoms with Crippen LogP contribution in [0.5, 0.6) is 0 Å². The van der Waals surface area contributed by atoms with E-state index in [9.17, 15) is 28.7 Å². The molecule has 2 aliphatic heterocycles. The molecular weight excluding hydrogens is 589 g/mol. The number of ether oxygens (including phenoxy) is 2. The lowest BCUT2D eigenvalue weighted by molar-refractivity contribution is -0.134. The zero-order valence-corrected chi connectivity index (χ0v) is 26.2. The average molecular weight is 632 g/mol. The van der Waals surface area contributed by atoms with E-state index in [0.29, 0.717) is 18.8 Å². The molecule has 0 unspecified atom stereocenters. The summed E-state index contributed by atoms with van der Waals surface area (Å²) in [6, 6.07) is 11.8. The van der Waals surface area contributed by atoms with Crippen molar-refractivity contribution in [3.63, 3.8) is 0 Å². The largest absolute Gasteiger partial charge is 0.449 e. The molecule has 4 rings (SSSR count). The van der Waals surface area contributed by atoms with E-state index in [1.54, 1.807) is 13.2 Å². The van der Waals surface area contributed by atoms with Crippen LogP contribution in [0.2, 0.25) is 0 Å². The van der Waals surface area contributed by atoms with E-state index in [2.05, 4.69) is 15.2 Å². The number of aromatic nitrogens is 1. The van der Waals surface area contributed by atoms with Gasteiger partial charge in [-0.2, -0.15) is 0 Å². The van der Waals surface area contributed by atoms with Crippen LogP contribution in [0.3, 0.4) is 0 Å². The Hall–Kier alpha value is -3.51. The van der Waals surface area contributed by atoms with Crippen LogP contribution in [0, 0.1) is 0 Å². The summed E-state index contributed by atoms with van der Waals surface area (Å²) in [6.45, 7) is 4.61. The minimum atomic E-state index is -4.46. The number of benzene rings is 1. The zero-order chi connectivity index (χ0) is 31.7. The van der Waals surface area contributed by atoms with Gasteiger partial charge in [0.25, 0.3) is 5.91 Å². The van der Waals surface area contributed by atoms with E-state index in [0.717, 1.165) is 37.1 Å². The SMILES string of the molecule is CCCCOC(=O)N1CCN(C(=O)[C@@H](CCP(=O)(O)O)NC(=O)c2cc(N3CC[C@H](OC)C3)cc(-c3ccccc3)n2)CC1. The molecule has 2 aromatic rings. The van der Waals surface area contributed by atoms with Gasteiger partial charge in [-0.3, -0.25) is 14.2 Å². The highest BCUT2D eigenvalue weighted by molar-refractivity contribution is 7.51. The second-order valence-electron chi connectivity index (χ2n) is 11.0. The van der Waals surface area contributed by atoms with Crippen LogP contribution in [-0.4, -0.2) is 114 Å². The fraction of sp³-hybridized carbons (Fsp3) is 0.533. The number of unbranched alkanes of at least 4 members (excludes halogenated alkanes) is 1. The van der Waals surface area contributed by atoms with Gasteiger partial charge >= 0.3 is 13.7 Å². The van der Waals surface area contributed by atoms with E-state index in [1.807, 2.05) is 43.3 Å². The highest BCUT2D eigenvalue weighted by Gasteiger charge is 2.33. The van der Waals surface area contributed by atoms with Gasteiger partial charge in [0.05, 0.1) is 24.6 Å². The Morgan fingerprint density at radius 2 is 1.77 bits per heavy atom. The number of pyridine rings is 1. The molecule has 0 radical (unpaired) electrons. The number of piperazine rings is 1. The summed E-state index contributed by atoms with van der Waals surface area (Å²) in [5.41, 5.74) is 2.25. The number of nitrogens with zero attached hydrogens (tertiary/aromatic N) is 4. The number of amides is 3. The van der Waals surface area contributed by atoms with Crippen LogP contribution in [0.15, 0.2) is 42.5 Å². The first-order chi connectivity index (χ1) is 21.1. The number of carbonyl (C=O) groups excluding carboxylic acids is 3. The number of rotatable bonds is 12. The first-order valence-corrected chi connectivity index (χ1v) is 16.8. The van der Waals surface area contributed by atoms with Crippen molar-refractivity contribution in [3.8, 4) is 11.3 Å². The standard InChI is InChI=1S/C30H42N5O8P/c1-3-4-17-43-30(38)34-15-13-33(14-16-34)29(37)25(11-18-44(39,40)41)32-28(36)27-20-23(35-12-10-24(21-35)42-2)19-26(31-27)22-8-6-5-7-9-22/h5-9,19-20,24-25H,3-4,10-18,21H2,1-2H3,(H,32,36)(H2,39,40,41)/t24-,25+/m0/s1. The quantitative estimate of drug-likeness (QED) is 0.235. The lowest BCUT2D eigenvalue weighted by Gasteiger charge is -2.36. The number of hydrogen-bond donors (Lipinski definition) is 3. The smallest absolute Gasteiger partial charge is 0.409 e. The summed E-state index contributed by atoms with van der Waals surface area (Å²) >= 11 is 0. The highest BCUT2D eigenvalue weighted by atomic mass is 31.2. The molecule has 2 saturated heterocycles. The van der Waals surface area contributed by atoms with Crippen LogP contribution in [-0.2, 0) is 18.8 Å². The normalized spacial score (nSPS) is 17.8. The van der Waals surface area contributed by atoms with Gasteiger partial charge in [0.15, 0.2) is 0 Å². The van der Waals surface area contributed by atoms with Crippen LogP contribution < -0.4 is 10.2 Å². The van der Waals surface area contributed by atoms with Gasteiger partial charge in [-0.1, -0.05) is 43.7 Å². The summed E-state index contributed by atoms with van der Waals surface area (Å²) in [4.78, 5) is 68.4. The second kappa shape index (κ2) is 15.5. The maximum atomic E-state index is 13.7. The van der Waals surface area contributed by atoms with Crippen molar-refractivity contribution in [1.29, 1.82) is 0 Å². The molecular formula is C30H42N5O8P. The van der Waals surface area contributed by atoms with Crippen molar-refractivity contribution >= 4 is 31.2 Å². The minimum Gasteiger partial charge on any atom is -0.449 e. The van der Waals surface area contributed by atoms with Crippen molar-refractivity contribution in [2.45, 2.75) is 44.8 Å². The summed E-state index contributed by atoms with van der Waals surface area (Å²) in [6.07, 6.45) is 1.28. The van der Waals surface area contributed by atoms with E-state index < -0.39 is 37.7 Å². The molecule has 0 saturated carbocycles. The van der Waals surface area contributed by atoms with Gasteiger partial charge in [0, 0.05) is 57.6 Å². The van der Waals surface area contributed by atoms with Crippen LogP contribution >= 0.6 is 7.60 Å². The Bertz CT molecular complexity index is 1330. The van der Waals surface area contributed by atoms with Gasteiger partial charge < -0.3 is 39.3 Å². The van der Waals surface area contributed by atoms with Crippen molar-refractivity contribution < 1.29 is 38.2 Å². The molecule has 3 amide bonds. The Morgan fingerprint density at radius 3 is 2.41 bits per heavy atom.